The molecule has 128 valence electrons. The van der Waals surface area contributed by atoms with Gasteiger partial charge in [0.05, 0.1) is 17.0 Å². The minimum absolute atomic E-state index is 0.437. The van der Waals surface area contributed by atoms with Gasteiger partial charge in [0.15, 0.2) is 0 Å². The zero-order valence-electron chi connectivity index (χ0n) is 13.8. The molecule has 1 fully saturated rings. The van der Waals surface area contributed by atoms with E-state index in [2.05, 4.69) is 27.7 Å². The topological polar surface area (TPSA) is 65.0 Å². The quantitative estimate of drug-likeness (QED) is 0.469. The summed E-state index contributed by atoms with van der Waals surface area (Å²) in [6.45, 7) is 0. The van der Waals surface area contributed by atoms with Gasteiger partial charge in [-0.25, -0.2) is 4.98 Å². The molecule has 4 aromatic rings. The van der Waals surface area contributed by atoms with Crippen LogP contribution in [0.4, 0.5) is 0 Å². The van der Waals surface area contributed by atoms with E-state index in [4.69, 9.17) is 13.9 Å². The highest BCUT2D eigenvalue weighted by Crippen LogP contribution is 2.42. The fraction of sp³-hybridized carbons (Fsp3) is 0.150. The van der Waals surface area contributed by atoms with Gasteiger partial charge in [0.2, 0.25) is 5.82 Å². The lowest BCUT2D eigenvalue weighted by atomic mass is 10.1. The molecule has 0 atom stereocenters. The van der Waals surface area contributed by atoms with Crippen LogP contribution in [0.3, 0.4) is 0 Å². The van der Waals surface area contributed by atoms with Crippen LogP contribution in [-0.4, -0.2) is 15.1 Å². The summed E-state index contributed by atoms with van der Waals surface area (Å²) in [5, 5.41) is 7.45. The van der Waals surface area contributed by atoms with Crippen molar-refractivity contribution in [1.29, 1.82) is 0 Å². The SMILES string of the molecule is C(=C\c1nc(-c2cccc(-c3csc(C4CC4)n3)c2)no1)/c1ccco1. The third-order valence-corrected chi connectivity index (χ3v) is 5.25. The Morgan fingerprint density at radius 1 is 1.04 bits per heavy atom. The molecule has 5 rings (SSSR count). The van der Waals surface area contributed by atoms with Gasteiger partial charge in [-0.2, -0.15) is 4.98 Å². The van der Waals surface area contributed by atoms with Gasteiger partial charge in [-0.3, -0.25) is 0 Å². The van der Waals surface area contributed by atoms with Gasteiger partial charge in [-0.1, -0.05) is 23.4 Å². The fourth-order valence-electron chi connectivity index (χ4n) is 2.72. The predicted molar refractivity (Wildman–Crippen MR) is 100 cm³/mol. The maximum absolute atomic E-state index is 5.30. The molecule has 1 aromatic carbocycles. The van der Waals surface area contributed by atoms with Crippen molar-refractivity contribution in [2.45, 2.75) is 18.8 Å². The van der Waals surface area contributed by atoms with Crippen LogP contribution in [0.15, 0.2) is 57.0 Å². The molecule has 0 amide bonds. The van der Waals surface area contributed by atoms with Crippen LogP contribution in [0.25, 0.3) is 34.8 Å². The van der Waals surface area contributed by atoms with E-state index in [9.17, 15) is 0 Å². The smallest absolute Gasteiger partial charge is 0.251 e. The summed E-state index contributed by atoms with van der Waals surface area (Å²) in [4.78, 5) is 9.21. The van der Waals surface area contributed by atoms with Gasteiger partial charge in [-0.15, -0.1) is 11.3 Å². The average molecular weight is 361 g/mol. The second-order valence-electron chi connectivity index (χ2n) is 6.23. The highest BCUT2D eigenvalue weighted by molar-refractivity contribution is 7.10. The Bertz CT molecular complexity index is 1060. The molecule has 1 saturated carbocycles. The third-order valence-electron chi connectivity index (χ3n) is 4.24. The molecule has 0 saturated heterocycles. The van der Waals surface area contributed by atoms with E-state index in [-0.39, 0.29) is 0 Å². The molecule has 0 bridgehead atoms. The van der Waals surface area contributed by atoms with Crippen LogP contribution in [0.1, 0.15) is 35.4 Å². The van der Waals surface area contributed by atoms with Crippen molar-refractivity contribution in [1.82, 2.24) is 15.1 Å². The van der Waals surface area contributed by atoms with E-state index in [1.807, 2.05) is 24.3 Å². The monoisotopic (exact) mass is 361 g/mol. The molecular formula is C20H15N3O2S. The first kappa shape index (κ1) is 15.3. The van der Waals surface area contributed by atoms with Crippen LogP contribution in [0, 0.1) is 0 Å². The summed E-state index contributed by atoms with van der Waals surface area (Å²) < 4.78 is 10.6. The summed E-state index contributed by atoms with van der Waals surface area (Å²) in [5.41, 5.74) is 2.99. The summed E-state index contributed by atoms with van der Waals surface area (Å²) in [6.07, 6.45) is 7.69. The second kappa shape index (κ2) is 6.38. The zero-order valence-corrected chi connectivity index (χ0v) is 14.6. The van der Waals surface area contributed by atoms with Gasteiger partial charge in [0, 0.05) is 28.5 Å². The van der Waals surface area contributed by atoms with Crippen LogP contribution in [0.5, 0.6) is 0 Å². The lowest BCUT2D eigenvalue weighted by molar-refractivity contribution is 0.411. The van der Waals surface area contributed by atoms with Crippen molar-refractivity contribution in [3.63, 3.8) is 0 Å². The molecule has 3 heterocycles. The predicted octanol–water partition coefficient (Wildman–Crippen LogP) is 5.50. The van der Waals surface area contributed by atoms with Crippen LogP contribution in [0.2, 0.25) is 0 Å². The number of hydrogen-bond donors (Lipinski definition) is 0. The molecule has 0 spiro atoms. The second-order valence-corrected chi connectivity index (χ2v) is 7.12. The third kappa shape index (κ3) is 3.11. The van der Waals surface area contributed by atoms with Gasteiger partial charge >= 0.3 is 0 Å². The minimum atomic E-state index is 0.437. The first-order chi connectivity index (χ1) is 12.8. The molecule has 0 radical (unpaired) electrons. The number of nitrogens with zero attached hydrogens (tertiary/aromatic N) is 3. The Labute approximate surface area is 154 Å². The first-order valence-corrected chi connectivity index (χ1v) is 9.35. The Morgan fingerprint density at radius 2 is 1.96 bits per heavy atom. The van der Waals surface area contributed by atoms with E-state index in [0.29, 0.717) is 17.6 Å². The van der Waals surface area contributed by atoms with Crippen LogP contribution >= 0.6 is 11.3 Å². The number of benzene rings is 1. The molecule has 0 N–H and O–H groups in total. The van der Waals surface area contributed by atoms with Crippen molar-refractivity contribution >= 4 is 23.5 Å². The van der Waals surface area contributed by atoms with Crippen molar-refractivity contribution in [3.8, 4) is 22.6 Å². The zero-order chi connectivity index (χ0) is 17.3. The van der Waals surface area contributed by atoms with Crippen molar-refractivity contribution in [3.05, 3.63) is 64.7 Å². The maximum Gasteiger partial charge on any atom is 0.251 e. The maximum atomic E-state index is 5.30. The number of hydrogen-bond acceptors (Lipinski definition) is 6. The summed E-state index contributed by atoms with van der Waals surface area (Å²) in [7, 11) is 0. The van der Waals surface area contributed by atoms with E-state index in [1.54, 1.807) is 29.8 Å². The molecule has 0 unspecified atom stereocenters. The lowest BCUT2D eigenvalue weighted by Crippen LogP contribution is -1.84. The van der Waals surface area contributed by atoms with E-state index in [0.717, 1.165) is 22.6 Å². The standard InChI is InChI=1S/C20H15N3O2S/c1-3-14(17-12-26-20(21-17)13-6-7-13)11-15(4-1)19-22-18(25-23-19)9-8-16-5-2-10-24-16/h1-5,8-13H,6-7H2/b9-8+. The van der Waals surface area contributed by atoms with E-state index >= 15 is 0 Å². The number of furan rings is 1. The highest BCUT2D eigenvalue weighted by Gasteiger charge is 2.26. The van der Waals surface area contributed by atoms with Crippen LogP contribution < -0.4 is 0 Å². The lowest BCUT2D eigenvalue weighted by Gasteiger charge is -1.99. The average Bonchev–Trinajstić information content (AvgIpc) is 3.12. The van der Waals surface area contributed by atoms with Crippen LogP contribution in [-0.2, 0) is 0 Å². The fourth-order valence-corrected chi connectivity index (χ4v) is 3.72. The van der Waals surface area contributed by atoms with Gasteiger partial charge in [0.1, 0.15) is 5.76 Å². The van der Waals surface area contributed by atoms with Crippen molar-refractivity contribution in [2.75, 3.05) is 0 Å². The van der Waals surface area contributed by atoms with Crippen molar-refractivity contribution < 1.29 is 8.94 Å². The first-order valence-electron chi connectivity index (χ1n) is 8.47. The summed E-state index contributed by atoms with van der Waals surface area (Å²) in [5.74, 6) is 2.41. The highest BCUT2D eigenvalue weighted by atomic mass is 32.1. The molecule has 3 aromatic heterocycles. The molecule has 1 aliphatic carbocycles. The molecular weight excluding hydrogens is 346 g/mol. The molecule has 6 heteroatoms. The largest absolute Gasteiger partial charge is 0.465 e. The Balaban J connectivity index is 1.40. The molecule has 26 heavy (non-hydrogen) atoms. The van der Waals surface area contributed by atoms with Crippen molar-refractivity contribution in [2.24, 2.45) is 0 Å². The Hall–Kier alpha value is -2.99. The van der Waals surface area contributed by atoms with E-state index < -0.39 is 0 Å². The van der Waals surface area contributed by atoms with Gasteiger partial charge in [-0.05, 0) is 37.1 Å². The normalized spacial score (nSPS) is 14.3. The number of thiazole rings is 1. The number of rotatable bonds is 5. The van der Waals surface area contributed by atoms with Gasteiger partial charge < -0.3 is 8.94 Å². The Morgan fingerprint density at radius 3 is 2.81 bits per heavy atom. The minimum Gasteiger partial charge on any atom is -0.465 e. The summed E-state index contributed by atoms with van der Waals surface area (Å²) in [6, 6.07) is 11.8. The van der Waals surface area contributed by atoms with E-state index in [1.165, 1.54) is 17.8 Å². The summed E-state index contributed by atoms with van der Waals surface area (Å²) >= 11 is 1.75. The molecule has 1 aliphatic rings. The van der Waals surface area contributed by atoms with Gasteiger partial charge in [0.25, 0.3) is 5.89 Å². The Kier molecular flexibility index (Phi) is 3.75. The number of aromatic nitrogens is 3. The molecule has 5 nitrogen and oxygen atoms in total. The molecule has 0 aliphatic heterocycles.